The first kappa shape index (κ1) is 26.8. The molecule has 3 N–H and O–H groups in total. The maximum atomic E-state index is 13.6. The summed E-state index contributed by atoms with van der Waals surface area (Å²) in [6.45, 7) is 1.53. The summed E-state index contributed by atoms with van der Waals surface area (Å²) < 4.78 is 1.97. The van der Waals surface area contributed by atoms with Crippen molar-refractivity contribution in [1.82, 2.24) is 34.8 Å². The zero-order chi connectivity index (χ0) is 27.4. The number of alkyl halides is 1. The summed E-state index contributed by atoms with van der Waals surface area (Å²) in [5.41, 5.74) is 13.5. The van der Waals surface area contributed by atoms with E-state index in [0.29, 0.717) is 40.8 Å². The predicted molar refractivity (Wildman–Crippen MR) is 154 cm³/mol. The van der Waals surface area contributed by atoms with Gasteiger partial charge in [0, 0.05) is 24.5 Å². The highest BCUT2D eigenvalue weighted by atomic mass is 35.5. The molecule has 1 aromatic carbocycles. The molecule has 0 unspecified atom stereocenters. The van der Waals surface area contributed by atoms with Crippen molar-refractivity contribution in [1.29, 1.82) is 0 Å². The lowest BCUT2D eigenvalue weighted by molar-refractivity contribution is 0.0936. The standard InChI is InChI=1S/C28H34ClN9O/c1-36(2)15-16-37-18-31-24-25(37)33-28(30)34-26(24)38(21-7-4-3-5-8-21)35-27(39)23-10-6-9-22(32-23)20-13-11-19(17-29)12-14-20/h6,9-14,18,21H,3-5,7-8,15-17H2,1-2H3,(H,35,39)(H2,30,33,34). The third kappa shape index (κ3) is 6.12. The van der Waals surface area contributed by atoms with Gasteiger partial charge in [0.05, 0.1) is 18.1 Å². The van der Waals surface area contributed by atoms with E-state index in [1.165, 1.54) is 6.42 Å². The molecule has 10 nitrogen and oxygen atoms in total. The van der Waals surface area contributed by atoms with Crippen LogP contribution in [0.1, 0.15) is 48.2 Å². The molecule has 0 radical (unpaired) electrons. The molecule has 0 saturated heterocycles. The number of aromatic nitrogens is 5. The summed E-state index contributed by atoms with van der Waals surface area (Å²) >= 11 is 5.93. The molecule has 0 spiro atoms. The number of carbonyl (C=O) groups excluding carboxylic acids is 1. The maximum Gasteiger partial charge on any atom is 0.288 e. The minimum atomic E-state index is -0.322. The van der Waals surface area contributed by atoms with Gasteiger partial charge in [0.1, 0.15) is 5.69 Å². The monoisotopic (exact) mass is 547 g/mol. The number of hydrazine groups is 1. The van der Waals surface area contributed by atoms with Gasteiger partial charge in [-0.05, 0) is 44.6 Å². The van der Waals surface area contributed by atoms with Gasteiger partial charge in [-0.2, -0.15) is 9.97 Å². The van der Waals surface area contributed by atoms with Crippen molar-refractivity contribution in [3.63, 3.8) is 0 Å². The van der Waals surface area contributed by atoms with E-state index in [2.05, 4.69) is 30.3 Å². The Kier molecular flexibility index (Phi) is 8.23. The molecule has 5 rings (SSSR count). The summed E-state index contributed by atoms with van der Waals surface area (Å²) in [5, 5.41) is 1.84. The number of fused-ring (bicyclic) bond motifs is 1. The number of carbonyl (C=O) groups is 1. The maximum absolute atomic E-state index is 13.6. The Balaban J connectivity index is 1.47. The average molecular weight is 548 g/mol. The van der Waals surface area contributed by atoms with Gasteiger partial charge in [-0.25, -0.2) is 9.97 Å². The van der Waals surface area contributed by atoms with E-state index >= 15 is 0 Å². The molecule has 1 saturated carbocycles. The molecule has 39 heavy (non-hydrogen) atoms. The predicted octanol–water partition coefficient (Wildman–Crippen LogP) is 4.26. The molecule has 0 aliphatic heterocycles. The largest absolute Gasteiger partial charge is 0.368 e. The summed E-state index contributed by atoms with van der Waals surface area (Å²) in [5.74, 6) is 0.771. The van der Waals surface area contributed by atoms with Crippen LogP contribution >= 0.6 is 11.6 Å². The van der Waals surface area contributed by atoms with Crippen molar-refractivity contribution in [3.8, 4) is 11.3 Å². The summed E-state index contributed by atoms with van der Waals surface area (Å²) in [6, 6.07) is 13.3. The van der Waals surface area contributed by atoms with Crippen LogP contribution in [0.15, 0.2) is 48.8 Å². The fourth-order valence-electron chi connectivity index (χ4n) is 4.89. The molecule has 3 aromatic heterocycles. The number of pyridine rings is 1. The molecule has 11 heteroatoms. The van der Waals surface area contributed by atoms with Crippen LogP contribution in [0.2, 0.25) is 0 Å². The van der Waals surface area contributed by atoms with Crippen LogP contribution in [-0.2, 0) is 12.4 Å². The SMILES string of the molecule is CN(C)CCn1cnc2c(N(NC(=O)c3cccc(-c4ccc(CCl)cc4)n3)C3CCCCC3)nc(N)nc21. The number of nitrogen functional groups attached to an aromatic ring is 1. The number of benzene rings is 1. The van der Waals surface area contributed by atoms with Gasteiger partial charge < -0.3 is 15.2 Å². The van der Waals surface area contributed by atoms with Crippen LogP contribution < -0.4 is 16.2 Å². The van der Waals surface area contributed by atoms with Crippen molar-refractivity contribution in [3.05, 3.63) is 60.0 Å². The zero-order valence-electron chi connectivity index (χ0n) is 22.3. The van der Waals surface area contributed by atoms with E-state index in [0.717, 1.165) is 43.4 Å². The minimum absolute atomic E-state index is 0.0541. The zero-order valence-corrected chi connectivity index (χ0v) is 23.1. The lowest BCUT2D eigenvalue weighted by atomic mass is 9.95. The second-order valence-corrected chi connectivity index (χ2v) is 10.4. The number of nitrogens with two attached hydrogens (primary N) is 1. The Labute approximate surface area is 233 Å². The molecule has 0 bridgehead atoms. The highest BCUT2D eigenvalue weighted by molar-refractivity contribution is 6.17. The molecular weight excluding hydrogens is 514 g/mol. The number of nitrogens with one attached hydrogen (secondary N) is 1. The number of imidazole rings is 1. The lowest BCUT2D eigenvalue weighted by Gasteiger charge is -2.35. The molecular formula is C28H34ClN9O. The van der Waals surface area contributed by atoms with E-state index in [4.69, 9.17) is 17.3 Å². The first-order valence-electron chi connectivity index (χ1n) is 13.3. The van der Waals surface area contributed by atoms with Gasteiger partial charge in [-0.1, -0.05) is 49.6 Å². The number of nitrogens with zero attached hydrogens (tertiary/aromatic N) is 7. The van der Waals surface area contributed by atoms with Crippen LogP contribution in [0.5, 0.6) is 0 Å². The molecule has 1 fully saturated rings. The lowest BCUT2D eigenvalue weighted by Crippen LogP contribution is -2.50. The van der Waals surface area contributed by atoms with E-state index in [1.807, 2.05) is 60.1 Å². The van der Waals surface area contributed by atoms with E-state index < -0.39 is 0 Å². The first-order chi connectivity index (χ1) is 18.9. The highest BCUT2D eigenvalue weighted by Gasteiger charge is 2.28. The first-order valence-corrected chi connectivity index (χ1v) is 13.8. The Morgan fingerprint density at radius 3 is 2.56 bits per heavy atom. The van der Waals surface area contributed by atoms with Crippen molar-refractivity contribution < 1.29 is 4.79 Å². The van der Waals surface area contributed by atoms with Gasteiger partial charge in [0.15, 0.2) is 17.0 Å². The second-order valence-electron chi connectivity index (χ2n) is 10.2. The Hall–Kier alpha value is -3.76. The molecule has 0 atom stereocenters. The quantitative estimate of drug-likeness (QED) is 0.236. The number of amides is 1. The number of likely N-dealkylation sites (N-methyl/N-ethyl adjacent to an activating group) is 1. The Morgan fingerprint density at radius 1 is 1.08 bits per heavy atom. The molecule has 204 valence electrons. The normalized spacial score (nSPS) is 14.2. The molecule has 1 amide bonds. The number of halogens is 1. The second kappa shape index (κ2) is 12.0. The number of anilines is 2. The van der Waals surface area contributed by atoms with Crippen LogP contribution in [-0.4, -0.2) is 62.0 Å². The van der Waals surface area contributed by atoms with Crippen molar-refractivity contribution in [2.24, 2.45) is 0 Å². The number of rotatable bonds is 9. The summed E-state index contributed by atoms with van der Waals surface area (Å²) in [6.07, 6.45) is 6.92. The van der Waals surface area contributed by atoms with Crippen molar-refractivity contribution in [2.45, 2.75) is 50.6 Å². The Morgan fingerprint density at radius 2 is 1.85 bits per heavy atom. The van der Waals surface area contributed by atoms with Crippen molar-refractivity contribution in [2.75, 3.05) is 31.4 Å². The fourth-order valence-corrected chi connectivity index (χ4v) is 5.07. The van der Waals surface area contributed by atoms with Gasteiger partial charge in [-0.15, -0.1) is 11.6 Å². The smallest absolute Gasteiger partial charge is 0.288 e. The van der Waals surface area contributed by atoms with E-state index in [9.17, 15) is 4.79 Å². The highest BCUT2D eigenvalue weighted by Crippen LogP contribution is 2.30. The van der Waals surface area contributed by atoms with Crippen LogP contribution in [0.25, 0.3) is 22.4 Å². The van der Waals surface area contributed by atoms with Gasteiger partial charge in [-0.3, -0.25) is 15.2 Å². The Bertz CT molecular complexity index is 1430. The number of hydrogen-bond acceptors (Lipinski definition) is 8. The van der Waals surface area contributed by atoms with E-state index in [1.54, 1.807) is 12.4 Å². The molecule has 1 aliphatic rings. The summed E-state index contributed by atoms with van der Waals surface area (Å²) in [7, 11) is 4.04. The van der Waals surface area contributed by atoms with E-state index in [-0.39, 0.29) is 17.9 Å². The molecule has 3 heterocycles. The minimum Gasteiger partial charge on any atom is -0.368 e. The van der Waals surface area contributed by atoms with Gasteiger partial charge >= 0.3 is 0 Å². The van der Waals surface area contributed by atoms with Crippen LogP contribution in [0, 0.1) is 0 Å². The fraction of sp³-hybridized carbons (Fsp3) is 0.393. The van der Waals surface area contributed by atoms with Gasteiger partial charge in [0.25, 0.3) is 5.91 Å². The topological polar surface area (TPSA) is 118 Å². The third-order valence-corrected chi connectivity index (χ3v) is 7.34. The molecule has 4 aromatic rings. The van der Waals surface area contributed by atoms with Gasteiger partial charge in [0.2, 0.25) is 5.95 Å². The van der Waals surface area contributed by atoms with Crippen molar-refractivity contribution >= 4 is 40.4 Å². The third-order valence-electron chi connectivity index (χ3n) is 7.03. The molecule has 1 aliphatic carbocycles. The average Bonchev–Trinajstić information content (AvgIpc) is 3.37. The summed E-state index contributed by atoms with van der Waals surface area (Å²) in [4.78, 5) is 34.1. The number of hydrogen-bond donors (Lipinski definition) is 2. The van der Waals surface area contributed by atoms with Crippen LogP contribution in [0.3, 0.4) is 0 Å². The van der Waals surface area contributed by atoms with Crippen LogP contribution in [0.4, 0.5) is 11.8 Å².